The van der Waals surface area contributed by atoms with E-state index in [-0.39, 0.29) is 0 Å². The fraction of sp³-hybridized carbons (Fsp3) is 0. The lowest BCUT2D eigenvalue weighted by atomic mass is 9.95. The molecule has 6 aromatic heterocycles. The van der Waals surface area contributed by atoms with Crippen LogP contribution in [0.2, 0.25) is 0 Å². The maximum Gasteiger partial charge on any atom is 0.238 e. The van der Waals surface area contributed by atoms with Gasteiger partial charge in [-0.05, 0) is 119 Å². The Balaban J connectivity index is 0.837. The third kappa shape index (κ3) is 7.54. The highest BCUT2D eigenvalue weighted by Gasteiger charge is 2.27. The standard InChI is InChI=1S/C81H49N7S/c1-4-20-50(21-5-1)51-36-38-53(39-37-51)80-82-79(52-22-6-2-7-23-52)83-81(84-80)88-71-34-18-13-29-61(71)67-49-63(76-62-30-14-19-35-72(62)87(78(76)77(67)88)55-24-8-3-9-25-55)54-40-43-73-64(46-54)60-28-12-17-33-70(60)86(73)57-42-45-75-66(48-57)65-47-56(41-44-74(65)89-75)85-68-31-15-10-26-58(68)59-27-11-16-32-69(59)85/h1-49H. The van der Waals surface area contributed by atoms with Crippen molar-refractivity contribution in [3.63, 3.8) is 0 Å². The van der Waals surface area contributed by atoms with Gasteiger partial charge in [0.15, 0.2) is 11.6 Å². The summed E-state index contributed by atoms with van der Waals surface area (Å²) in [6.07, 6.45) is 0. The minimum Gasteiger partial charge on any atom is -0.309 e. The second-order valence-corrected chi connectivity index (χ2v) is 24.2. The van der Waals surface area contributed by atoms with Crippen molar-refractivity contribution in [1.29, 1.82) is 0 Å². The predicted octanol–water partition coefficient (Wildman–Crippen LogP) is 21.3. The number of rotatable bonds is 8. The van der Waals surface area contributed by atoms with Gasteiger partial charge in [0.25, 0.3) is 0 Å². The van der Waals surface area contributed by atoms with Crippen LogP contribution >= 0.6 is 11.3 Å². The van der Waals surface area contributed by atoms with Crippen molar-refractivity contribution in [2.24, 2.45) is 0 Å². The molecular formula is C81H49N7S. The zero-order valence-corrected chi connectivity index (χ0v) is 48.6. The molecule has 0 saturated carbocycles. The van der Waals surface area contributed by atoms with Crippen molar-refractivity contribution in [2.75, 3.05) is 0 Å². The fourth-order valence-electron chi connectivity index (χ4n) is 14.3. The Labute approximate surface area is 514 Å². The molecule has 0 N–H and O–H groups in total. The van der Waals surface area contributed by atoms with Crippen LogP contribution in [-0.4, -0.2) is 33.2 Å². The Morgan fingerprint density at radius 3 is 1.22 bits per heavy atom. The summed E-state index contributed by atoms with van der Waals surface area (Å²) in [4.78, 5) is 16.2. The van der Waals surface area contributed by atoms with E-state index in [4.69, 9.17) is 15.0 Å². The largest absolute Gasteiger partial charge is 0.309 e. The first kappa shape index (κ1) is 49.5. The smallest absolute Gasteiger partial charge is 0.238 e. The third-order valence-corrected chi connectivity index (χ3v) is 19.4. The van der Waals surface area contributed by atoms with Gasteiger partial charge in [0.05, 0.1) is 44.1 Å². The molecule has 8 heteroatoms. The van der Waals surface area contributed by atoms with Crippen LogP contribution in [0.4, 0.5) is 0 Å². The number of fused-ring (bicyclic) bond motifs is 16. The normalized spacial score (nSPS) is 12.0. The summed E-state index contributed by atoms with van der Waals surface area (Å²) >= 11 is 1.86. The highest BCUT2D eigenvalue weighted by Crippen LogP contribution is 2.48. The Morgan fingerprint density at radius 1 is 0.236 bits per heavy atom. The Kier molecular flexibility index (Phi) is 10.8. The van der Waals surface area contributed by atoms with Gasteiger partial charge in [-0.25, -0.2) is 4.98 Å². The molecule has 6 heterocycles. The van der Waals surface area contributed by atoms with Gasteiger partial charge in [0.1, 0.15) is 0 Å². The lowest BCUT2D eigenvalue weighted by Crippen LogP contribution is -2.07. The third-order valence-electron chi connectivity index (χ3n) is 18.2. The van der Waals surface area contributed by atoms with Crippen molar-refractivity contribution in [3.05, 3.63) is 297 Å². The predicted molar refractivity (Wildman–Crippen MR) is 372 cm³/mol. The average molecular weight is 1150 g/mol. The quantitative estimate of drug-likeness (QED) is 0.152. The van der Waals surface area contributed by atoms with Crippen LogP contribution in [0.25, 0.3) is 175 Å². The average Bonchev–Trinajstić information content (AvgIpc) is 1.57. The van der Waals surface area contributed by atoms with Gasteiger partial charge in [-0.15, -0.1) is 11.3 Å². The number of hydrogen-bond donors (Lipinski definition) is 0. The van der Waals surface area contributed by atoms with Gasteiger partial charge in [0.2, 0.25) is 5.95 Å². The molecule has 414 valence electrons. The number of para-hydroxylation sites is 6. The maximum absolute atomic E-state index is 5.50. The molecule has 0 unspecified atom stereocenters. The zero-order chi connectivity index (χ0) is 58.3. The monoisotopic (exact) mass is 1150 g/mol. The second kappa shape index (κ2) is 19.4. The number of benzene rings is 13. The minimum atomic E-state index is 0.539. The van der Waals surface area contributed by atoms with Crippen LogP contribution in [-0.2, 0) is 0 Å². The Morgan fingerprint density at radius 2 is 0.652 bits per heavy atom. The molecule has 0 aliphatic rings. The molecule has 7 nitrogen and oxygen atoms in total. The SMILES string of the molecule is c1ccc(-c2ccc(-c3nc(-c4ccccc4)nc(-n4c5ccccc5c5cc(-c6ccc7c(c6)c6ccccc6n7-c6ccc7sc8ccc(-n9c%10ccccc%10c%10ccccc%109)cc8c7c6)c6c7ccccc7n(-c7ccccc7)c6c54)n3)cc2)cc1. The fourth-order valence-corrected chi connectivity index (χ4v) is 15.3. The van der Waals surface area contributed by atoms with Crippen LogP contribution in [0.5, 0.6) is 0 Å². The summed E-state index contributed by atoms with van der Waals surface area (Å²) in [5.41, 5.74) is 18.6. The number of thiophene rings is 1. The molecule has 0 amide bonds. The lowest BCUT2D eigenvalue weighted by Gasteiger charge is -2.15. The summed E-state index contributed by atoms with van der Waals surface area (Å²) in [7, 11) is 0. The molecule has 0 atom stereocenters. The summed E-state index contributed by atoms with van der Waals surface area (Å²) in [5.74, 6) is 1.73. The van der Waals surface area contributed by atoms with E-state index in [1.165, 1.54) is 52.8 Å². The number of hydrogen-bond acceptors (Lipinski definition) is 4. The summed E-state index contributed by atoms with van der Waals surface area (Å²) in [5, 5.41) is 11.9. The summed E-state index contributed by atoms with van der Waals surface area (Å²) in [6.45, 7) is 0. The van der Waals surface area contributed by atoms with Crippen molar-refractivity contribution in [1.82, 2.24) is 33.2 Å². The highest BCUT2D eigenvalue weighted by atomic mass is 32.1. The first-order valence-electron chi connectivity index (χ1n) is 30.2. The molecule has 89 heavy (non-hydrogen) atoms. The van der Waals surface area contributed by atoms with Gasteiger partial charge in [-0.1, -0.05) is 200 Å². The van der Waals surface area contributed by atoms with Crippen LogP contribution in [0.3, 0.4) is 0 Å². The first-order chi connectivity index (χ1) is 44.1. The number of nitrogens with zero attached hydrogens (tertiary/aromatic N) is 7. The van der Waals surface area contributed by atoms with Gasteiger partial charge >= 0.3 is 0 Å². The van der Waals surface area contributed by atoms with Crippen molar-refractivity contribution in [2.45, 2.75) is 0 Å². The van der Waals surface area contributed by atoms with Gasteiger partial charge in [-0.2, -0.15) is 9.97 Å². The molecule has 19 rings (SSSR count). The van der Waals surface area contributed by atoms with Crippen LogP contribution < -0.4 is 0 Å². The first-order valence-corrected chi connectivity index (χ1v) is 31.0. The van der Waals surface area contributed by atoms with E-state index in [1.54, 1.807) is 0 Å². The highest BCUT2D eigenvalue weighted by molar-refractivity contribution is 7.25. The van der Waals surface area contributed by atoms with E-state index in [1.807, 2.05) is 35.6 Å². The molecule has 0 spiro atoms. The van der Waals surface area contributed by atoms with E-state index in [0.717, 1.165) is 105 Å². The molecule has 0 aliphatic carbocycles. The van der Waals surface area contributed by atoms with Crippen molar-refractivity contribution in [3.8, 4) is 68.0 Å². The summed E-state index contributed by atoms with van der Waals surface area (Å²) < 4.78 is 12.2. The van der Waals surface area contributed by atoms with E-state index >= 15 is 0 Å². The maximum atomic E-state index is 5.50. The second-order valence-electron chi connectivity index (χ2n) is 23.1. The van der Waals surface area contributed by atoms with Crippen molar-refractivity contribution >= 4 is 119 Å². The molecule has 0 fully saturated rings. The zero-order valence-electron chi connectivity index (χ0n) is 47.8. The van der Waals surface area contributed by atoms with Crippen LogP contribution in [0, 0.1) is 0 Å². The minimum absolute atomic E-state index is 0.539. The summed E-state index contributed by atoms with van der Waals surface area (Å²) in [6, 6.07) is 108. The lowest BCUT2D eigenvalue weighted by molar-refractivity contribution is 0.953. The van der Waals surface area contributed by atoms with Gasteiger partial charge < -0.3 is 13.7 Å². The topological polar surface area (TPSA) is 58.4 Å². The van der Waals surface area contributed by atoms with Crippen LogP contribution in [0.15, 0.2) is 297 Å². The van der Waals surface area contributed by atoms with E-state index in [0.29, 0.717) is 17.6 Å². The van der Waals surface area contributed by atoms with E-state index in [2.05, 4.69) is 291 Å². The van der Waals surface area contributed by atoms with Gasteiger partial charge in [-0.3, -0.25) is 4.57 Å². The Bertz CT molecular complexity index is 6040. The molecular weight excluding hydrogens is 1100 g/mol. The molecule has 0 radical (unpaired) electrons. The molecule has 0 saturated heterocycles. The van der Waals surface area contributed by atoms with Gasteiger partial charge in [0, 0.05) is 91.5 Å². The number of aromatic nitrogens is 7. The molecule has 19 aromatic rings. The van der Waals surface area contributed by atoms with E-state index < -0.39 is 0 Å². The van der Waals surface area contributed by atoms with Crippen molar-refractivity contribution < 1.29 is 0 Å². The molecule has 0 aliphatic heterocycles. The van der Waals surface area contributed by atoms with E-state index in [9.17, 15) is 0 Å². The van der Waals surface area contributed by atoms with Crippen LogP contribution in [0.1, 0.15) is 0 Å². The molecule has 0 bridgehead atoms. The molecule has 13 aromatic carbocycles. The Hall–Kier alpha value is -11.7.